The Morgan fingerprint density at radius 3 is 2.42 bits per heavy atom. The molecule has 0 aliphatic carbocycles. The Labute approximate surface area is 173 Å². The number of hydrogen-bond donors (Lipinski definition) is 2. The van der Waals surface area contributed by atoms with E-state index in [-0.39, 0.29) is 17.5 Å². The average Bonchev–Trinajstić information content (AvgIpc) is 3.05. The van der Waals surface area contributed by atoms with Crippen LogP contribution in [0.3, 0.4) is 0 Å². The van der Waals surface area contributed by atoms with Crippen LogP contribution in [0.25, 0.3) is 21.8 Å². The van der Waals surface area contributed by atoms with Gasteiger partial charge in [-0.3, -0.25) is 4.57 Å². The molecule has 2 aromatic heterocycles. The van der Waals surface area contributed by atoms with Crippen LogP contribution in [0.5, 0.6) is 0 Å². The van der Waals surface area contributed by atoms with Crippen LogP contribution in [0, 0.1) is 19.3 Å². The van der Waals surface area contributed by atoms with Crippen LogP contribution in [0.2, 0.25) is 0 Å². The number of fused-ring (bicyclic) bond motifs is 1. The van der Waals surface area contributed by atoms with Crippen molar-refractivity contribution in [2.45, 2.75) is 13.1 Å². The van der Waals surface area contributed by atoms with Crippen molar-refractivity contribution in [3.05, 3.63) is 71.1 Å². The van der Waals surface area contributed by atoms with Crippen LogP contribution in [-0.4, -0.2) is 19.5 Å². The number of nitrogens with zero attached hydrogens (tertiary/aromatic N) is 5. The van der Waals surface area contributed by atoms with Crippen molar-refractivity contribution in [2.24, 2.45) is 0 Å². The van der Waals surface area contributed by atoms with E-state index in [0.29, 0.717) is 22.5 Å². The molecule has 0 fully saturated rings. The molecule has 7 nitrogen and oxygen atoms in total. The van der Waals surface area contributed by atoms with E-state index in [1.165, 1.54) is 4.57 Å². The lowest BCUT2D eigenvalue weighted by atomic mass is 10.2. The normalized spacial score (nSPS) is 11.5. The molecule has 2 heterocycles. The van der Waals surface area contributed by atoms with Crippen molar-refractivity contribution < 1.29 is 17.6 Å². The van der Waals surface area contributed by atoms with Crippen molar-refractivity contribution >= 4 is 34.0 Å². The highest BCUT2D eigenvalue weighted by atomic mass is 19.4. The van der Waals surface area contributed by atoms with Crippen LogP contribution in [0.1, 0.15) is 11.4 Å². The maximum atomic E-state index is 14.6. The second-order valence-electron chi connectivity index (χ2n) is 6.55. The van der Waals surface area contributed by atoms with E-state index in [4.69, 9.17) is 12.3 Å². The average molecular weight is 427 g/mol. The molecule has 3 N–H and O–H groups in total. The molecule has 156 valence electrons. The number of aryl methyl sites for hydroxylation is 1. The molecule has 0 unspecified atom stereocenters. The minimum Gasteiger partial charge on any atom is -0.381 e. The van der Waals surface area contributed by atoms with E-state index < -0.39 is 23.4 Å². The second kappa shape index (κ2) is 7.24. The van der Waals surface area contributed by atoms with E-state index in [9.17, 15) is 17.6 Å². The molecule has 0 spiro atoms. The molecule has 0 amide bonds. The topological polar surface area (TPSA) is 86.0 Å². The molecule has 0 aliphatic rings. The number of benzene rings is 2. The number of aromatic nitrogens is 4. The first-order valence-electron chi connectivity index (χ1n) is 8.81. The summed E-state index contributed by atoms with van der Waals surface area (Å²) in [4.78, 5) is 15.9. The smallest absolute Gasteiger partial charge is 0.381 e. The third kappa shape index (κ3) is 3.71. The van der Waals surface area contributed by atoms with Gasteiger partial charge in [0.2, 0.25) is 11.8 Å². The summed E-state index contributed by atoms with van der Waals surface area (Å²) in [6, 6.07) is 8.91. The summed E-state index contributed by atoms with van der Waals surface area (Å²) in [5, 5.41) is 2.63. The zero-order chi connectivity index (χ0) is 22.3. The summed E-state index contributed by atoms with van der Waals surface area (Å²) >= 11 is 0. The molecule has 4 aromatic rings. The standard InChI is InChI=1S/C20H13F4N7/c1-10-27-14-8-7-13(26-2)9-15(14)31(10)19-29-17(25)16(21)18(30-19)28-12-5-3-11(4-6-12)20(22,23)24/h3-9H,1H3,(H3,25,28,29,30). The zero-order valence-electron chi connectivity index (χ0n) is 15.9. The Bertz CT molecular complexity index is 1340. The van der Waals surface area contributed by atoms with Gasteiger partial charge in [0.05, 0.1) is 23.2 Å². The highest BCUT2D eigenvalue weighted by Crippen LogP contribution is 2.31. The largest absolute Gasteiger partial charge is 0.416 e. The molecule has 4 rings (SSSR count). The first kappa shape index (κ1) is 20.1. The van der Waals surface area contributed by atoms with E-state index in [2.05, 4.69) is 25.1 Å². The van der Waals surface area contributed by atoms with Gasteiger partial charge in [-0.2, -0.15) is 27.5 Å². The van der Waals surface area contributed by atoms with E-state index in [1.54, 1.807) is 25.1 Å². The van der Waals surface area contributed by atoms with Gasteiger partial charge in [0.1, 0.15) is 5.82 Å². The van der Waals surface area contributed by atoms with Crippen LogP contribution in [0.4, 0.5) is 40.6 Å². The van der Waals surface area contributed by atoms with Crippen molar-refractivity contribution in [3.63, 3.8) is 0 Å². The minimum atomic E-state index is -4.49. The third-order valence-corrected chi connectivity index (χ3v) is 4.47. The number of halogens is 4. The van der Waals surface area contributed by atoms with Gasteiger partial charge in [-0.1, -0.05) is 6.07 Å². The fraction of sp³-hybridized carbons (Fsp3) is 0.100. The molecular formula is C20H13F4N7. The fourth-order valence-electron chi connectivity index (χ4n) is 3.02. The number of nitrogen functional groups attached to an aromatic ring is 1. The van der Waals surface area contributed by atoms with Gasteiger partial charge < -0.3 is 11.1 Å². The first-order chi connectivity index (χ1) is 14.7. The number of nitrogens with one attached hydrogen (secondary N) is 1. The summed E-state index contributed by atoms with van der Waals surface area (Å²) in [6.45, 7) is 8.87. The Balaban J connectivity index is 1.78. The first-order valence-corrected chi connectivity index (χ1v) is 8.81. The van der Waals surface area contributed by atoms with E-state index >= 15 is 0 Å². The molecule has 0 atom stereocenters. The van der Waals surface area contributed by atoms with Crippen molar-refractivity contribution in [2.75, 3.05) is 11.1 Å². The molecule has 0 bridgehead atoms. The fourth-order valence-corrected chi connectivity index (χ4v) is 3.02. The Morgan fingerprint density at radius 1 is 1.06 bits per heavy atom. The lowest BCUT2D eigenvalue weighted by Crippen LogP contribution is -2.11. The third-order valence-electron chi connectivity index (χ3n) is 4.47. The number of alkyl halides is 3. The van der Waals surface area contributed by atoms with E-state index in [0.717, 1.165) is 24.3 Å². The maximum absolute atomic E-state index is 14.6. The van der Waals surface area contributed by atoms with Gasteiger partial charge in [0.25, 0.3) is 0 Å². The maximum Gasteiger partial charge on any atom is 0.416 e. The highest BCUT2D eigenvalue weighted by molar-refractivity contribution is 5.82. The minimum absolute atomic E-state index is 0.00422. The van der Waals surface area contributed by atoms with Crippen molar-refractivity contribution in [3.8, 4) is 5.95 Å². The number of imidazole rings is 1. The van der Waals surface area contributed by atoms with Gasteiger partial charge in [-0.25, -0.2) is 9.83 Å². The summed E-state index contributed by atoms with van der Waals surface area (Å²) in [7, 11) is 0. The van der Waals surface area contributed by atoms with Gasteiger partial charge in [0.15, 0.2) is 17.3 Å². The monoisotopic (exact) mass is 427 g/mol. The quantitative estimate of drug-likeness (QED) is 0.349. The number of anilines is 3. The Kier molecular flexibility index (Phi) is 4.69. The molecule has 0 aliphatic heterocycles. The molecule has 11 heteroatoms. The van der Waals surface area contributed by atoms with Gasteiger partial charge in [-0.05, 0) is 43.3 Å². The number of hydrogen-bond acceptors (Lipinski definition) is 5. The lowest BCUT2D eigenvalue weighted by molar-refractivity contribution is -0.137. The molecule has 31 heavy (non-hydrogen) atoms. The Hall–Kier alpha value is -4.20. The molecular weight excluding hydrogens is 414 g/mol. The van der Waals surface area contributed by atoms with Crippen molar-refractivity contribution in [1.82, 2.24) is 19.5 Å². The van der Waals surface area contributed by atoms with Crippen molar-refractivity contribution in [1.29, 1.82) is 0 Å². The SMILES string of the molecule is [C-]#[N+]c1ccc2nc(C)n(-c3nc(N)c(F)c(Nc4ccc(C(F)(F)F)cc4)n3)c2c1. The van der Waals surface area contributed by atoms with E-state index in [1.807, 2.05) is 0 Å². The predicted molar refractivity (Wildman–Crippen MR) is 107 cm³/mol. The summed E-state index contributed by atoms with van der Waals surface area (Å²) in [6.07, 6.45) is -4.49. The number of nitrogens with two attached hydrogens (primary N) is 1. The van der Waals surface area contributed by atoms with Gasteiger partial charge in [-0.15, -0.1) is 0 Å². The molecule has 0 saturated heterocycles. The highest BCUT2D eigenvalue weighted by Gasteiger charge is 2.30. The van der Waals surface area contributed by atoms with Gasteiger partial charge >= 0.3 is 6.18 Å². The van der Waals surface area contributed by atoms with Crippen LogP contribution in [-0.2, 0) is 6.18 Å². The summed E-state index contributed by atoms with van der Waals surface area (Å²) in [5.74, 6) is -1.25. The summed E-state index contributed by atoms with van der Waals surface area (Å²) < 4.78 is 54.3. The molecule has 2 aromatic carbocycles. The van der Waals surface area contributed by atoms with Crippen LogP contribution >= 0.6 is 0 Å². The second-order valence-corrected chi connectivity index (χ2v) is 6.55. The Morgan fingerprint density at radius 2 is 1.77 bits per heavy atom. The number of rotatable bonds is 3. The van der Waals surface area contributed by atoms with Crippen LogP contribution in [0.15, 0.2) is 42.5 Å². The predicted octanol–water partition coefficient (Wildman–Crippen LogP) is 5.16. The van der Waals surface area contributed by atoms with Crippen LogP contribution < -0.4 is 11.1 Å². The molecule has 0 saturated carbocycles. The lowest BCUT2D eigenvalue weighted by Gasteiger charge is -2.12. The van der Waals surface area contributed by atoms with Gasteiger partial charge in [0, 0.05) is 5.69 Å². The molecule has 0 radical (unpaired) electrons. The summed E-state index contributed by atoms with van der Waals surface area (Å²) in [5.41, 5.74) is 6.53. The zero-order valence-corrected chi connectivity index (χ0v) is 15.9.